The van der Waals surface area contributed by atoms with E-state index in [1.54, 1.807) is 6.92 Å². The Kier molecular flexibility index (Phi) is 11.9. The standard InChI is InChI=1S/C20H32O3/c1-6-23-20(22)15-19(21)12-8-11-18(14-13-17(4)5)10-7-9-16(2)3/h9,11,13H,6-8,10,12,14-15H2,1-5H3. The molecule has 0 atom stereocenters. The highest BCUT2D eigenvalue weighted by Crippen LogP contribution is 2.15. The fourth-order valence-corrected chi connectivity index (χ4v) is 2.07. The van der Waals surface area contributed by atoms with Crippen molar-refractivity contribution in [3.8, 4) is 0 Å². The molecule has 130 valence electrons. The van der Waals surface area contributed by atoms with Crippen LogP contribution in [-0.2, 0) is 14.3 Å². The SMILES string of the molecule is CCOC(=O)CC(=O)CCC=C(CC=C(C)C)CCC=C(C)C. The van der Waals surface area contributed by atoms with Crippen molar-refractivity contribution in [2.75, 3.05) is 6.61 Å². The Bertz CT molecular complexity index is 459. The summed E-state index contributed by atoms with van der Waals surface area (Å²) in [7, 11) is 0. The molecule has 0 spiro atoms. The van der Waals surface area contributed by atoms with Gasteiger partial charge < -0.3 is 4.74 Å². The van der Waals surface area contributed by atoms with Gasteiger partial charge in [-0.1, -0.05) is 34.9 Å². The number of hydrogen-bond acceptors (Lipinski definition) is 3. The third-order valence-electron chi connectivity index (χ3n) is 3.29. The molecule has 0 N–H and O–H groups in total. The molecule has 23 heavy (non-hydrogen) atoms. The lowest BCUT2D eigenvalue weighted by molar-refractivity contribution is -0.145. The topological polar surface area (TPSA) is 43.4 Å². The highest BCUT2D eigenvalue weighted by atomic mass is 16.5. The summed E-state index contributed by atoms with van der Waals surface area (Å²) in [5.74, 6) is -0.472. The van der Waals surface area contributed by atoms with Crippen LogP contribution in [0, 0.1) is 0 Å². The van der Waals surface area contributed by atoms with Crippen LogP contribution in [0.2, 0.25) is 0 Å². The van der Waals surface area contributed by atoms with Crippen LogP contribution in [0.3, 0.4) is 0 Å². The number of ketones is 1. The zero-order chi connectivity index (χ0) is 17.7. The molecule has 0 aliphatic rings. The minimum absolute atomic E-state index is 0.0504. The second-order valence-electron chi connectivity index (χ2n) is 6.23. The minimum Gasteiger partial charge on any atom is -0.466 e. The van der Waals surface area contributed by atoms with Gasteiger partial charge in [0, 0.05) is 6.42 Å². The molecule has 0 fully saturated rings. The van der Waals surface area contributed by atoms with E-state index in [2.05, 4.69) is 45.9 Å². The van der Waals surface area contributed by atoms with Crippen LogP contribution in [-0.4, -0.2) is 18.4 Å². The van der Waals surface area contributed by atoms with Crippen molar-refractivity contribution in [1.82, 2.24) is 0 Å². The van der Waals surface area contributed by atoms with Crippen LogP contribution in [0.4, 0.5) is 0 Å². The molecule has 0 saturated carbocycles. The predicted molar refractivity (Wildman–Crippen MR) is 96.3 cm³/mol. The number of hydrogen-bond donors (Lipinski definition) is 0. The molecule has 0 aromatic heterocycles. The molecule has 0 unspecified atom stereocenters. The highest BCUT2D eigenvalue weighted by Gasteiger charge is 2.09. The smallest absolute Gasteiger partial charge is 0.313 e. The van der Waals surface area contributed by atoms with Crippen molar-refractivity contribution < 1.29 is 14.3 Å². The van der Waals surface area contributed by atoms with Gasteiger partial charge in [0.1, 0.15) is 12.2 Å². The molecule has 0 aliphatic carbocycles. The summed E-state index contributed by atoms with van der Waals surface area (Å²) in [6, 6.07) is 0. The van der Waals surface area contributed by atoms with E-state index in [0.717, 1.165) is 19.3 Å². The number of allylic oxidation sites excluding steroid dienone is 6. The first-order valence-corrected chi connectivity index (χ1v) is 8.47. The van der Waals surface area contributed by atoms with Crippen LogP contribution < -0.4 is 0 Å². The molecule has 0 heterocycles. The molecule has 0 aromatic carbocycles. The number of esters is 1. The number of ether oxygens (including phenoxy) is 1. The van der Waals surface area contributed by atoms with Crippen molar-refractivity contribution in [2.45, 2.75) is 73.1 Å². The summed E-state index contributed by atoms with van der Waals surface area (Å²) < 4.78 is 4.79. The van der Waals surface area contributed by atoms with Gasteiger partial charge >= 0.3 is 5.97 Å². The van der Waals surface area contributed by atoms with Gasteiger partial charge in [-0.15, -0.1) is 0 Å². The van der Waals surface area contributed by atoms with Crippen molar-refractivity contribution in [3.63, 3.8) is 0 Å². The van der Waals surface area contributed by atoms with E-state index in [9.17, 15) is 9.59 Å². The van der Waals surface area contributed by atoms with Gasteiger partial charge in [0.05, 0.1) is 6.61 Å². The Morgan fingerprint density at radius 3 is 2.04 bits per heavy atom. The maximum Gasteiger partial charge on any atom is 0.313 e. The normalized spacial score (nSPS) is 10.9. The maximum atomic E-state index is 11.7. The quantitative estimate of drug-likeness (QED) is 0.294. The molecule has 0 aromatic rings. The number of carbonyl (C=O) groups excluding carboxylic acids is 2. The van der Waals surface area contributed by atoms with Gasteiger partial charge in [-0.05, 0) is 60.3 Å². The first-order valence-electron chi connectivity index (χ1n) is 8.47. The van der Waals surface area contributed by atoms with Crippen molar-refractivity contribution in [2.24, 2.45) is 0 Å². The van der Waals surface area contributed by atoms with E-state index < -0.39 is 5.97 Å². The van der Waals surface area contributed by atoms with Crippen molar-refractivity contribution in [3.05, 3.63) is 34.9 Å². The number of carbonyl (C=O) groups is 2. The van der Waals surface area contributed by atoms with E-state index >= 15 is 0 Å². The van der Waals surface area contributed by atoms with Gasteiger partial charge in [-0.2, -0.15) is 0 Å². The molecular formula is C20H32O3. The van der Waals surface area contributed by atoms with Crippen molar-refractivity contribution >= 4 is 11.8 Å². The van der Waals surface area contributed by atoms with Gasteiger partial charge in [-0.3, -0.25) is 9.59 Å². The number of rotatable bonds is 11. The summed E-state index contributed by atoms with van der Waals surface area (Å²) in [5.41, 5.74) is 3.99. The van der Waals surface area contributed by atoms with E-state index in [0.29, 0.717) is 19.4 Å². The third kappa shape index (κ3) is 13.7. The highest BCUT2D eigenvalue weighted by molar-refractivity contribution is 5.95. The summed E-state index contributed by atoms with van der Waals surface area (Å²) >= 11 is 0. The molecule has 3 heteroatoms. The Balaban J connectivity index is 4.44. The van der Waals surface area contributed by atoms with E-state index in [4.69, 9.17) is 4.74 Å². The Morgan fingerprint density at radius 2 is 1.48 bits per heavy atom. The molecule has 0 saturated heterocycles. The average Bonchev–Trinajstić information content (AvgIpc) is 2.43. The summed E-state index contributed by atoms with van der Waals surface area (Å²) in [5, 5.41) is 0. The lowest BCUT2D eigenvalue weighted by Gasteiger charge is -2.05. The first-order chi connectivity index (χ1) is 10.8. The van der Waals surface area contributed by atoms with Gasteiger partial charge in [-0.25, -0.2) is 0 Å². The zero-order valence-corrected chi connectivity index (χ0v) is 15.4. The molecular weight excluding hydrogens is 288 g/mol. The fourth-order valence-electron chi connectivity index (χ4n) is 2.07. The summed E-state index contributed by atoms with van der Waals surface area (Å²) in [6.45, 7) is 10.5. The summed E-state index contributed by atoms with van der Waals surface area (Å²) in [6.07, 6.45) is 10.6. The fraction of sp³-hybridized carbons (Fsp3) is 0.600. The average molecular weight is 320 g/mol. The molecule has 0 amide bonds. The van der Waals surface area contributed by atoms with Gasteiger partial charge in [0.2, 0.25) is 0 Å². The Hall–Kier alpha value is -1.64. The summed E-state index contributed by atoms with van der Waals surface area (Å²) in [4.78, 5) is 23.0. The second kappa shape index (κ2) is 12.9. The van der Waals surface area contributed by atoms with E-state index in [1.165, 1.54) is 16.7 Å². The van der Waals surface area contributed by atoms with Crippen LogP contribution in [0.25, 0.3) is 0 Å². The predicted octanol–water partition coefficient (Wildman–Crippen LogP) is 5.32. The maximum absolute atomic E-state index is 11.7. The Morgan fingerprint density at radius 1 is 0.870 bits per heavy atom. The van der Waals surface area contributed by atoms with Crippen LogP contribution in [0.15, 0.2) is 34.9 Å². The Labute approximate surface area is 141 Å². The van der Waals surface area contributed by atoms with Crippen LogP contribution in [0.5, 0.6) is 0 Å². The molecule has 0 radical (unpaired) electrons. The van der Waals surface area contributed by atoms with Crippen LogP contribution in [0.1, 0.15) is 73.1 Å². The van der Waals surface area contributed by atoms with E-state index in [-0.39, 0.29) is 12.2 Å². The molecule has 3 nitrogen and oxygen atoms in total. The molecule has 0 bridgehead atoms. The third-order valence-corrected chi connectivity index (χ3v) is 3.29. The zero-order valence-electron chi connectivity index (χ0n) is 15.4. The first kappa shape index (κ1) is 21.4. The monoisotopic (exact) mass is 320 g/mol. The molecule has 0 aliphatic heterocycles. The van der Waals surface area contributed by atoms with Crippen LogP contribution >= 0.6 is 0 Å². The largest absolute Gasteiger partial charge is 0.466 e. The lowest BCUT2D eigenvalue weighted by Crippen LogP contribution is -2.10. The van der Waals surface area contributed by atoms with Gasteiger partial charge in [0.15, 0.2) is 0 Å². The van der Waals surface area contributed by atoms with E-state index in [1.807, 2.05) is 0 Å². The van der Waals surface area contributed by atoms with Gasteiger partial charge in [0.25, 0.3) is 0 Å². The number of Topliss-reactive ketones (excluding diaryl/α,β-unsaturated/α-hetero) is 1. The second-order valence-corrected chi connectivity index (χ2v) is 6.23. The molecule has 0 rings (SSSR count). The lowest BCUT2D eigenvalue weighted by atomic mass is 10.0. The van der Waals surface area contributed by atoms with Crippen molar-refractivity contribution in [1.29, 1.82) is 0 Å². The minimum atomic E-state index is -0.421.